The molecule has 0 bridgehead atoms. The van der Waals surface area contributed by atoms with Gasteiger partial charge in [0.2, 0.25) is 0 Å². The number of unbranched alkanes of at least 4 members (excludes halogenated alkanes) is 1. The van der Waals surface area contributed by atoms with E-state index in [1.54, 1.807) is 30.5 Å². The second-order valence-electron chi connectivity index (χ2n) is 5.40. The number of aromatic nitrogens is 3. The highest BCUT2D eigenvalue weighted by molar-refractivity contribution is 5.91. The van der Waals surface area contributed by atoms with Gasteiger partial charge < -0.3 is 10.2 Å². The molecule has 0 unspecified atom stereocenters. The quantitative estimate of drug-likeness (QED) is 0.758. The number of carbonyl (C=O) groups excluding carboxylic acids is 1. The molecule has 0 spiro atoms. The van der Waals surface area contributed by atoms with Crippen LogP contribution >= 0.6 is 0 Å². The molecule has 6 heteroatoms. The molecule has 23 heavy (non-hydrogen) atoms. The van der Waals surface area contributed by atoms with Crippen molar-refractivity contribution in [1.29, 1.82) is 0 Å². The van der Waals surface area contributed by atoms with Crippen LogP contribution in [0.4, 0.5) is 5.82 Å². The summed E-state index contributed by atoms with van der Waals surface area (Å²) in [5.74, 6) is 0.584. The maximum absolute atomic E-state index is 12.3. The lowest BCUT2D eigenvalue weighted by Gasteiger charge is -2.16. The maximum atomic E-state index is 12.3. The Hall–Kier alpha value is -2.50. The molecular weight excluding hydrogens is 290 g/mol. The van der Waals surface area contributed by atoms with E-state index >= 15 is 0 Å². The number of pyridine rings is 1. The summed E-state index contributed by atoms with van der Waals surface area (Å²) in [6.45, 7) is 3.63. The highest BCUT2D eigenvalue weighted by Crippen LogP contribution is 2.05. The zero-order valence-electron chi connectivity index (χ0n) is 13.7. The Kier molecular flexibility index (Phi) is 6.47. The summed E-state index contributed by atoms with van der Waals surface area (Å²) in [4.78, 5) is 26.4. The monoisotopic (exact) mass is 313 g/mol. The van der Waals surface area contributed by atoms with Crippen LogP contribution in [0.25, 0.3) is 0 Å². The van der Waals surface area contributed by atoms with Crippen LogP contribution in [0.5, 0.6) is 0 Å². The molecule has 0 aliphatic heterocycles. The zero-order chi connectivity index (χ0) is 16.5. The van der Waals surface area contributed by atoms with Crippen molar-refractivity contribution in [2.45, 2.75) is 26.2 Å². The maximum Gasteiger partial charge on any atom is 0.273 e. The lowest BCUT2D eigenvalue weighted by Crippen LogP contribution is -2.29. The highest BCUT2D eigenvalue weighted by atomic mass is 16.2. The van der Waals surface area contributed by atoms with Gasteiger partial charge in [-0.25, -0.2) is 9.97 Å². The summed E-state index contributed by atoms with van der Waals surface area (Å²) in [5.41, 5.74) is 1.52. The Morgan fingerprint density at radius 1 is 1.22 bits per heavy atom. The molecule has 2 aromatic rings. The van der Waals surface area contributed by atoms with Crippen molar-refractivity contribution < 1.29 is 4.79 Å². The minimum Gasteiger partial charge on any atom is -0.369 e. The number of anilines is 1. The van der Waals surface area contributed by atoms with Gasteiger partial charge >= 0.3 is 0 Å². The largest absolute Gasteiger partial charge is 0.369 e. The molecule has 2 rings (SSSR count). The van der Waals surface area contributed by atoms with Crippen LogP contribution in [0.15, 0.2) is 36.9 Å². The van der Waals surface area contributed by atoms with Gasteiger partial charge in [0.05, 0.1) is 12.4 Å². The second kappa shape index (κ2) is 8.82. The normalized spacial score (nSPS) is 10.3. The average molecular weight is 313 g/mol. The first-order valence-electron chi connectivity index (χ1n) is 7.91. The van der Waals surface area contributed by atoms with Crippen molar-refractivity contribution in [1.82, 2.24) is 19.9 Å². The molecule has 2 heterocycles. The number of likely N-dealkylation sites (N-methyl/N-ethyl adjacent to an activating group) is 1. The number of nitrogens with one attached hydrogen (secondary N) is 1. The topological polar surface area (TPSA) is 71.0 Å². The van der Waals surface area contributed by atoms with Gasteiger partial charge in [-0.3, -0.25) is 9.78 Å². The highest BCUT2D eigenvalue weighted by Gasteiger charge is 2.13. The van der Waals surface area contributed by atoms with Gasteiger partial charge in [-0.15, -0.1) is 0 Å². The summed E-state index contributed by atoms with van der Waals surface area (Å²) in [6.07, 6.45) is 9.65. The summed E-state index contributed by atoms with van der Waals surface area (Å²) in [5, 5.41) is 3.18. The van der Waals surface area contributed by atoms with Gasteiger partial charge in [0.25, 0.3) is 5.91 Å². The van der Waals surface area contributed by atoms with E-state index in [1.165, 1.54) is 6.20 Å². The number of nitrogens with zero attached hydrogens (tertiary/aromatic N) is 4. The molecule has 0 radical (unpaired) electrons. The predicted molar refractivity (Wildman–Crippen MR) is 90.3 cm³/mol. The van der Waals surface area contributed by atoms with Crippen molar-refractivity contribution in [3.63, 3.8) is 0 Å². The van der Waals surface area contributed by atoms with Crippen LogP contribution in [0.3, 0.4) is 0 Å². The SMILES string of the molecule is CCCCNc1cnc(C(=O)N(C)CCc2ccncc2)cn1. The molecule has 0 aliphatic carbocycles. The standard InChI is InChI=1S/C17H23N5O/c1-3-4-8-19-16-13-20-15(12-21-16)17(23)22(2)11-7-14-5-9-18-10-6-14/h5-6,9-10,12-13H,3-4,7-8,11H2,1-2H3,(H,19,21). The summed E-state index contributed by atoms with van der Waals surface area (Å²) >= 11 is 0. The van der Waals surface area contributed by atoms with E-state index in [1.807, 2.05) is 12.1 Å². The molecule has 1 N–H and O–H groups in total. The van der Waals surface area contributed by atoms with Crippen molar-refractivity contribution in [3.05, 3.63) is 48.2 Å². The van der Waals surface area contributed by atoms with Gasteiger partial charge in [0.15, 0.2) is 0 Å². The first kappa shape index (κ1) is 16.9. The van der Waals surface area contributed by atoms with Gasteiger partial charge in [0, 0.05) is 32.5 Å². The third-order valence-corrected chi connectivity index (χ3v) is 3.54. The lowest BCUT2D eigenvalue weighted by atomic mass is 10.2. The van der Waals surface area contributed by atoms with E-state index in [9.17, 15) is 4.79 Å². The molecule has 0 aliphatic rings. The number of hydrogen-bond acceptors (Lipinski definition) is 5. The van der Waals surface area contributed by atoms with E-state index < -0.39 is 0 Å². The van der Waals surface area contributed by atoms with E-state index in [4.69, 9.17) is 0 Å². The second-order valence-corrected chi connectivity index (χ2v) is 5.40. The molecule has 0 saturated heterocycles. The number of amides is 1. The molecule has 1 amide bonds. The van der Waals surface area contributed by atoms with Crippen LogP contribution < -0.4 is 5.32 Å². The molecule has 122 valence electrons. The summed E-state index contributed by atoms with van der Waals surface area (Å²) in [7, 11) is 1.78. The average Bonchev–Trinajstić information content (AvgIpc) is 2.61. The first-order chi connectivity index (χ1) is 11.2. The third-order valence-electron chi connectivity index (χ3n) is 3.54. The number of carbonyl (C=O) groups is 1. The van der Waals surface area contributed by atoms with Crippen LogP contribution in [0, 0.1) is 0 Å². The fourth-order valence-corrected chi connectivity index (χ4v) is 2.07. The Morgan fingerprint density at radius 3 is 2.65 bits per heavy atom. The van der Waals surface area contributed by atoms with Gasteiger partial charge in [-0.05, 0) is 30.5 Å². The Morgan fingerprint density at radius 2 is 2.00 bits per heavy atom. The molecule has 0 fully saturated rings. The van der Waals surface area contributed by atoms with Crippen LogP contribution in [-0.2, 0) is 6.42 Å². The Balaban J connectivity index is 1.86. The van der Waals surface area contributed by atoms with Crippen LogP contribution in [0.2, 0.25) is 0 Å². The minimum atomic E-state index is -0.119. The van der Waals surface area contributed by atoms with Crippen molar-refractivity contribution in [2.24, 2.45) is 0 Å². The van der Waals surface area contributed by atoms with E-state index in [0.29, 0.717) is 18.1 Å². The van der Waals surface area contributed by atoms with Gasteiger partial charge in [-0.2, -0.15) is 0 Å². The van der Waals surface area contributed by atoms with E-state index in [-0.39, 0.29) is 5.91 Å². The molecule has 6 nitrogen and oxygen atoms in total. The molecular formula is C17H23N5O. The van der Waals surface area contributed by atoms with Crippen LogP contribution in [0.1, 0.15) is 35.8 Å². The third kappa shape index (κ3) is 5.32. The molecule has 0 atom stereocenters. The molecule has 2 aromatic heterocycles. The molecule has 0 saturated carbocycles. The van der Waals surface area contributed by atoms with Crippen molar-refractivity contribution in [3.8, 4) is 0 Å². The number of rotatable bonds is 8. The smallest absolute Gasteiger partial charge is 0.273 e. The fourth-order valence-electron chi connectivity index (χ4n) is 2.07. The van der Waals surface area contributed by atoms with Crippen molar-refractivity contribution in [2.75, 3.05) is 25.5 Å². The molecule has 0 aromatic carbocycles. The van der Waals surface area contributed by atoms with Gasteiger partial charge in [0.1, 0.15) is 11.5 Å². The minimum absolute atomic E-state index is 0.119. The summed E-state index contributed by atoms with van der Waals surface area (Å²) < 4.78 is 0. The number of hydrogen-bond donors (Lipinski definition) is 1. The van der Waals surface area contributed by atoms with Gasteiger partial charge in [-0.1, -0.05) is 13.3 Å². The predicted octanol–water partition coefficient (Wildman–Crippen LogP) is 2.40. The summed E-state index contributed by atoms with van der Waals surface area (Å²) in [6, 6.07) is 3.91. The zero-order valence-corrected chi connectivity index (χ0v) is 13.7. The van der Waals surface area contributed by atoms with Crippen molar-refractivity contribution >= 4 is 11.7 Å². The Labute approximate surface area is 137 Å². The van der Waals surface area contributed by atoms with E-state index in [2.05, 4.69) is 27.2 Å². The Bertz CT molecular complexity index is 600. The van der Waals surface area contributed by atoms with Crippen LogP contribution in [-0.4, -0.2) is 45.9 Å². The van der Waals surface area contributed by atoms with E-state index in [0.717, 1.165) is 31.4 Å². The lowest BCUT2D eigenvalue weighted by molar-refractivity contribution is 0.0790. The first-order valence-corrected chi connectivity index (χ1v) is 7.91. The fraction of sp³-hybridized carbons (Fsp3) is 0.412.